The summed E-state index contributed by atoms with van der Waals surface area (Å²) in [6.45, 7) is 5.58. The molecule has 27 heavy (non-hydrogen) atoms. The van der Waals surface area contributed by atoms with Crippen LogP contribution in [0.4, 0.5) is 4.39 Å². The van der Waals surface area contributed by atoms with Gasteiger partial charge in [0.1, 0.15) is 11.6 Å². The minimum absolute atomic E-state index is 0.142. The van der Waals surface area contributed by atoms with Crippen molar-refractivity contribution in [3.8, 4) is 5.75 Å². The summed E-state index contributed by atoms with van der Waals surface area (Å²) in [6.07, 6.45) is 1.23. The summed E-state index contributed by atoms with van der Waals surface area (Å²) in [5.41, 5.74) is 2.91. The molecule has 2 aromatic rings. The van der Waals surface area contributed by atoms with E-state index in [1.165, 1.54) is 17.7 Å². The van der Waals surface area contributed by atoms with Crippen LogP contribution in [0.25, 0.3) is 0 Å². The summed E-state index contributed by atoms with van der Waals surface area (Å²) in [4.78, 5) is 24.4. The number of carbonyl (C=O) groups excluding carboxylic acids is 2. The molecule has 2 aromatic carbocycles. The molecule has 0 bridgehead atoms. The lowest BCUT2D eigenvalue weighted by atomic mass is 10.0. The molecule has 3 rings (SSSR count). The highest BCUT2D eigenvalue weighted by atomic mass is 19.1. The van der Waals surface area contributed by atoms with Gasteiger partial charge in [-0.2, -0.15) is 0 Å². The van der Waals surface area contributed by atoms with E-state index in [1.54, 1.807) is 0 Å². The molecule has 0 heterocycles. The van der Waals surface area contributed by atoms with E-state index in [-0.39, 0.29) is 48.0 Å². The van der Waals surface area contributed by atoms with Crippen molar-refractivity contribution in [2.24, 2.45) is 0 Å². The van der Waals surface area contributed by atoms with Crippen LogP contribution in [0.3, 0.4) is 0 Å². The third-order valence-electron chi connectivity index (χ3n) is 5.04. The van der Waals surface area contributed by atoms with Gasteiger partial charge in [-0.3, -0.25) is 9.59 Å². The van der Waals surface area contributed by atoms with Crippen LogP contribution in [0, 0.1) is 5.82 Å². The Morgan fingerprint density at radius 1 is 1.26 bits per heavy atom. The summed E-state index contributed by atoms with van der Waals surface area (Å²) in [6, 6.07) is 10.6. The fourth-order valence-electron chi connectivity index (χ4n) is 3.50. The fourth-order valence-corrected chi connectivity index (χ4v) is 3.50. The van der Waals surface area contributed by atoms with Gasteiger partial charge in [-0.15, -0.1) is 0 Å². The molecule has 0 saturated carbocycles. The van der Waals surface area contributed by atoms with Crippen LogP contribution in [0.15, 0.2) is 36.4 Å². The lowest BCUT2D eigenvalue weighted by Crippen LogP contribution is -2.31. The predicted molar refractivity (Wildman–Crippen MR) is 102 cm³/mol. The zero-order chi connectivity index (χ0) is 19.6. The molecule has 1 aliphatic rings. The van der Waals surface area contributed by atoms with Crippen molar-refractivity contribution in [2.75, 3.05) is 6.61 Å². The third-order valence-corrected chi connectivity index (χ3v) is 5.04. The summed E-state index contributed by atoms with van der Waals surface area (Å²) in [5, 5.41) is 2.88. The normalized spacial score (nSPS) is 16.7. The SMILES string of the molecule is CCc1ccc([C@H](C)NC(=O)COc2ccc(F)c3c2C(=O)C[C@H]3C)cc1. The van der Waals surface area contributed by atoms with Gasteiger partial charge in [0.2, 0.25) is 0 Å². The summed E-state index contributed by atoms with van der Waals surface area (Å²) < 4.78 is 19.6. The Morgan fingerprint density at radius 3 is 2.63 bits per heavy atom. The number of hydrogen-bond acceptors (Lipinski definition) is 3. The Hall–Kier alpha value is -2.69. The van der Waals surface area contributed by atoms with Gasteiger partial charge in [0.25, 0.3) is 5.91 Å². The van der Waals surface area contributed by atoms with Crippen LogP contribution in [0.2, 0.25) is 0 Å². The van der Waals surface area contributed by atoms with Gasteiger partial charge in [-0.1, -0.05) is 38.1 Å². The first-order valence-corrected chi connectivity index (χ1v) is 9.27. The molecule has 0 aromatic heterocycles. The van der Waals surface area contributed by atoms with Crippen molar-refractivity contribution >= 4 is 11.7 Å². The topological polar surface area (TPSA) is 55.4 Å². The molecule has 1 aliphatic carbocycles. The highest BCUT2D eigenvalue weighted by molar-refractivity contribution is 6.03. The Bertz CT molecular complexity index is 861. The molecular formula is C22H24FNO3. The van der Waals surface area contributed by atoms with Crippen molar-refractivity contribution < 1.29 is 18.7 Å². The quantitative estimate of drug-likeness (QED) is 0.824. The summed E-state index contributed by atoms with van der Waals surface area (Å²) in [7, 11) is 0. The number of hydrogen-bond donors (Lipinski definition) is 1. The molecular weight excluding hydrogens is 345 g/mol. The van der Waals surface area contributed by atoms with Gasteiger partial charge >= 0.3 is 0 Å². The molecule has 1 N–H and O–H groups in total. The first-order chi connectivity index (χ1) is 12.9. The maximum Gasteiger partial charge on any atom is 0.258 e. The number of fused-ring (bicyclic) bond motifs is 1. The van der Waals surface area contributed by atoms with Gasteiger partial charge in [0.05, 0.1) is 11.6 Å². The van der Waals surface area contributed by atoms with Gasteiger partial charge in [0, 0.05) is 12.0 Å². The van der Waals surface area contributed by atoms with Crippen LogP contribution < -0.4 is 10.1 Å². The van der Waals surface area contributed by atoms with E-state index >= 15 is 0 Å². The monoisotopic (exact) mass is 369 g/mol. The number of amides is 1. The number of nitrogens with one attached hydrogen (secondary N) is 1. The van der Waals surface area contributed by atoms with Crippen LogP contribution in [-0.2, 0) is 11.2 Å². The lowest BCUT2D eigenvalue weighted by molar-refractivity contribution is -0.123. The first kappa shape index (κ1) is 19.1. The van der Waals surface area contributed by atoms with Crippen LogP contribution >= 0.6 is 0 Å². The molecule has 142 valence electrons. The number of ether oxygens (including phenoxy) is 1. The molecule has 5 heteroatoms. The second-order valence-corrected chi connectivity index (χ2v) is 7.04. The number of halogens is 1. The second-order valence-electron chi connectivity index (χ2n) is 7.04. The highest BCUT2D eigenvalue weighted by Crippen LogP contribution is 2.39. The van der Waals surface area contributed by atoms with Crippen molar-refractivity contribution in [1.29, 1.82) is 0 Å². The zero-order valence-electron chi connectivity index (χ0n) is 15.8. The molecule has 0 aliphatic heterocycles. The van der Waals surface area contributed by atoms with Crippen LogP contribution in [-0.4, -0.2) is 18.3 Å². The lowest BCUT2D eigenvalue weighted by Gasteiger charge is -2.16. The molecule has 0 fully saturated rings. The number of aryl methyl sites for hydroxylation is 1. The Balaban J connectivity index is 1.64. The van der Waals surface area contributed by atoms with Crippen LogP contribution in [0.1, 0.15) is 66.2 Å². The first-order valence-electron chi connectivity index (χ1n) is 9.27. The maximum atomic E-state index is 14.0. The fraction of sp³-hybridized carbons (Fsp3) is 0.364. The van der Waals surface area contributed by atoms with Crippen molar-refractivity contribution in [1.82, 2.24) is 5.32 Å². The van der Waals surface area contributed by atoms with Crippen molar-refractivity contribution in [3.05, 3.63) is 64.5 Å². The molecule has 4 nitrogen and oxygen atoms in total. The maximum absolute atomic E-state index is 14.0. The molecule has 2 atom stereocenters. The van der Waals surface area contributed by atoms with E-state index in [9.17, 15) is 14.0 Å². The predicted octanol–water partition coefficient (Wildman–Crippen LogP) is 4.33. The molecule has 1 amide bonds. The van der Waals surface area contributed by atoms with Crippen LogP contribution in [0.5, 0.6) is 5.75 Å². The summed E-state index contributed by atoms with van der Waals surface area (Å²) >= 11 is 0. The number of rotatable bonds is 6. The molecule has 0 unspecified atom stereocenters. The number of benzene rings is 2. The van der Waals surface area contributed by atoms with Gasteiger partial charge in [-0.25, -0.2) is 4.39 Å². The largest absolute Gasteiger partial charge is 0.483 e. The van der Waals surface area contributed by atoms with E-state index < -0.39 is 5.82 Å². The Kier molecular flexibility index (Phi) is 5.59. The Labute approximate surface area is 158 Å². The Morgan fingerprint density at radius 2 is 1.96 bits per heavy atom. The highest BCUT2D eigenvalue weighted by Gasteiger charge is 2.32. The minimum Gasteiger partial charge on any atom is -0.483 e. The second kappa shape index (κ2) is 7.91. The average molecular weight is 369 g/mol. The minimum atomic E-state index is -0.399. The van der Waals surface area contributed by atoms with E-state index in [4.69, 9.17) is 4.74 Å². The summed E-state index contributed by atoms with van der Waals surface area (Å²) in [5.74, 6) is -0.730. The third kappa shape index (κ3) is 4.02. The average Bonchev–Trinajstić information content (AvgIpc) is 2.96. The van der Waals surface area contributed by atoms with E-state index in [0.717, 1.165) is 12.0 Å². The number of ketones is 1. The number of carbonyl (C=O) groups is 2. The van der Waals surface area contributed by atoms with Gasteiger partial charge in [-0.05, 0) is 42.5 Å². The standard InChI is InChI=1S/C22H24FNO3/c1-4-15-5-7-16(8-6-15)14(3)24-20(26)12-27-19-10-9-17(23)21-13(2)11-18(25)22(19)21/h5-10,13-14H,4,11-12H2,1-3H3,(H,24,26)/t13-,14+/m1/s1. The van der Waals surface area contributed by atoms with E-state index in [0.29, 0.717) is 5.56 Å². The van der Waals surface area contributed by atoms with Gasteiger partial charge < -0.3 is 10.1 Å². The smallest absolute Gasteiger partial charge is 0.258 e. The molecule has 0 radical (unpaired) electrons. The molecule has 0 spiro atoms. The van der Waals surface area contributed by atoms with Crippen molar-refractivity contribution in [3.63, 3.8) is 0 Å². The molecule has 0 saturated heterocycles. The van der Waals surface area contributed by atoms with Crippen molar-refractivity contribution in [2.45, 2.75) is 45.6 Å². The zero-order valence-corrected chi connectivity index (χ0v) is 15.8. The number of Topliss-reactive ketones (excluding diaryl/α,β-unsaturated/α-hetero) is 1. The van der Waals surface area contributed by atoms with E-state index in [2.05, 4.69) is 12.2 Å². The van der Waals surface area contributed by atoms with E-state index in [1.807, 2.05) is 38.1 Å². The van der Waals surface area contributed by atoms with Gasteiger partial charge in [0.15, 0.2) is 12.4 Å².